The van der Waals surface area contributed by atoms with Gasteiger partial charge >= 0.3 is 12.0 Å². The summed E-state index contributed by atoms with van der Waals surface area (Å²) < 4.78 is 0. The van der Waals surface area contributed by atoms with Crippen LogP contribution in [-0.4, -0.2) is 47.6 Å². The van der Waals surface area contributed by atoms with E-state index in [1.165, 1.54) is 11.8 Å². The molecule has 0 aromatic heterocycles. The number of carbonyl (C=O) groups excluding carboxylic acids is 2. The van der Waals surface area contributed by atoms with Gasteiger partial charge in [0, 0.05) is 12.2 Å². The van der Waals surface area contributed by atoms with E-state index in [1.807, 2.05) is 26.0 Å². The molecule has 2 atom stereocenters. The number of aliphatic carboxylic acids is 1. The van der Waals surface area contributed by atoms with E-state index >= 15 is 0 Å². The van der Waals surface area contributed by atoms with E-state index in [0.717, 1.165) is 11.1 Å². The molecule has 186 valence electrons. The molecule has 0 heterocycles. The Morgan fingerprint density at radius 2 is 1.83 bits per heavy atom. The van der Waals surface area contributed by atoms with E-state index < -0.39 is 30.0 Å². The molecule has 11 heteroatoms. The highest BCUT2D eigenvalue weighted by atomic mass is 16.4. The smallest absolute Gasteiger partial charge is 0.367 e. The number of hydrogen-bond acceptors (Lipinski definition) is 5. The lowest BCUT2D eigenvalue weighted by Crippen LogP contribution is -2.52. The predicted octanol–water partition coefficient (Wildman–Crippen LogP) is 3.23. The summed E-state index contributed by atoms with van der Waals surface area (Å²) in [5, 5.41) is 29.7. The summed E-state index contributed by atoms with van der Waals surface area (Å²) in [6, 6.07) is 11.1. The molecule has 6 N–H and O–H groups in total. The molecule has 0 saturated carbocycles. The molecule has 2 rings (SSSR count). The van der Waals surface area contributed by atoms with Gasteiger partial charge in [0.25, 0.3) is 0 Å². The van der Waals surface area contributed by atoms with E-state index in [-0.39, 0.29) is 18.9 Å². The van der Waals surface area contributed by atoms with Crippen LogP contribution >= 0.6 is 0 Å². The maximum absolute atomic E-state index is 13.1. The molecule has 35 heavy (non-hydrogen) atoms. The Balaban J connectivity index is 2.21. The summed E-state index contributed by atoms with van der Waals surface area (Å²) in [6.45, 7) is 5.53. The van der Waals surface area contributed by atoms with Gasteiger partial charge in [-0.2, -0.15) is 0 Å². The van der Waals surface area contributed by atoms with Crippen molar-refractivity contribution in [1.82, 2.24) is 10.6 Å². The van der Waals surface area contributed by atoms with E-state index in [9.17, 15) is 19.5 Å². The van der Waals surface area contributed by atoms with Crippen molar-refractivity contribution in [2.24, 2.45) is 16.0 Å². The van der Waals surface area contributed by atoms with Gasteiger partial charge in [0.2, 0.25) is 5.91 Å². The molecular formula is C24H31N7O4. The second-order valence-electron chi connectivity index (χ2n) is 8.04. The summed E-state index contributed by atoms with van der Waals surface area (Å²) in [7, 11) is 0. The Morgan fingerprint density at radius 1 is 1.14 bits per heavy atom. The molecule has 2 aromatic rings. The summed E-state index contributed by atoms with van der Waals surface area (Å²) in [4.78, 5) is 38.9. The van der Waals surface area contributed by atoms with Gasteiger partial charge in [-0.25, -0.2) is 9.59 Å². The number of benzene rings is 2. The molecule has 0 bridgehead atoms. The minimum atomic E-state index is -1.21. The Hall–Kier alpha value is -4.28. The number of aryl methyl sites for hydroxylation is 2. The molecule has 0 spiro atoms. The zero-order valence-corrected chi connectivity index (χ0v) is 20.0. The second-order valence-corrected chi connectivity index (χ2v) is 8.04. The van der Waals surface area contributed by atoms with Crippen LogP contribution in [0, 0.1) is 19.3 Å². The fourth-order valence-corrected chi connectivity index (χ4v) is 3.26. The average Bonchev–Trinajstić information content (AvgIpc) is 2.81. The maximum atomic E-state index is 13.1. The molecule has 2 aromatic carbocycles. The monoisotopic (exact) mass is 481 g/mol. The van der Waals surface area contributed by atoms with Crippen molar-refractivity contribution in [3.63, 3.8) is 0 Å². The lowest BCUT2D eigenvalue weighted by Gasteiger charge is -2.27. The minimum absolute atomic E-state index is 0.111. The second kappa shape index (κ2) is 12.8. The molecule has 2 unspecified atom stereocenters. The highest BCUT2D eigenvalue weighted by molar-refractivity contribution is 6.00. The van der Waals surface area contributed by atoms with E-state index in [4.69, 9.17) is 11.1 Å². The number of nitrogens with zero attached hydrogens (tertiary/aromatic N) is 3. The van der Waals surface area contributed by atoms with Gasteiger partial charge in [-0.15, -0.1) is 5.11 Å². The zero-order chi connectivity index (χ0) is 26.0. The number of carboxylic acid groups (broad SMARTS) is 1. The number of nitrogens with two attached hydrogens (primary N) is 1. The van der Waals surface area contributed by atoms with Gasteiger partial charge in [0.15, 0.2) is 5.96 Å². The standard InChI is InChI=1S/C24H31N7O4/c1-15-11-12-16(2)20(14-15)29-30-24(35)31(18-8-5-4-6-9-18)17(3)21(32)28-19(22(33)34)10-7-13-27-23(25)26/h4-6,8-9,11-12,14,17,19H,7,10,13H2,1-3H3,(H,28,32)(H,33,34)(H4,25,26,27)/b30-29+. The molecule has 11 nitrogen and oxygen atoms in total. The third kappa shape index (κ3) is 8.22. The SMILES string of the molecule is Cc1ccc(C)c(/N=N/C(=O)N(c2ccccc2)C(C)C(=O)NC(CCCNC(=N)N)C(=O)O)c1. The topological polar surface area (TPSA) is 173 Å². The van der Waals surface area contributed by atoms with Crippen LogP contribution in [-0.2, 0) is 9.59 Å². The molecular weight excluding hydrogens is 450 g/mol. The largest absolute Gasteiger partial charge is 0.480 e. The van der Waals surface area contributed by atoms with E-state index in [0.29, 0.717) is 17.8 Å². The van der Waals surface area contributed by atoms with Crippen LogP contribution in [0.2, 0.25) is 0 Å². The summed E-state index contributed by atoms with van der Waals surface area (Å²) in [6.07, 6.45) is 0.469. The highest BCUT2D eigenvalue weighted by Crippen LogP contribution is 2.22. The van der Waals surface area contributed by atoms with E-state index in [2.05, 4.69) is 20.9 Å². The number of azo groups is 1. The van der Waals surface area contributed by atoms with Crippen LogP contribution < -0.4 is 21.3 Å². The Kier molecular flexibility index (Phi) is 9.88. The molecule has 3 amide bonds. The molecule has 0 aliphatic carbocycles. The lowest BCUT2D eigenvalue weighted by molar-refractivity contribution is -0.142. The molecule has 0 aliphatic rings. The van der Waals surface area contributed by atoms with Crippen molar-refractivity contribution < 1.29 is 19.5 Å². The van der Waals surface area contributed by atoms with Crippen LogP contribution in [0.15, 0.2) is 58.8 Å². The summed E-state index contributed by atoms with van der Waals surface area (Å²) in [5.74, 6) is -2.08. The lowest BCUT2D eigenvalue weighted by atomic mass is 10.1. The number of para-hydroxylation sites is 1. The number of nitrogens with one attached hydrogen (secondary N) is 3. The maximum Gasteiger partial charge on any atom is 0.367 e. The Bertz CT molecular complexity index is 1090. The first-order valence-corrected chi connectivity index (χ1v) is 11.1. The van der Waals surface area contributed by atoms with Crippen molar-refractivity contribution in [2.45, 2.75) is 45.7 Å². The number of hydrogen-bond donors (Lipinski definition) is 5. The van der Waals surface area contributed by atoms with Gasteiger partial charge in [-0.3, -0.25) is 15.1 Å². The Labute approximate surface area is 203 Å². The van der Waals surface area contributed by atoms with Crippen LogP contribution in [0.25, 0.3) is 0 Å². The number of urea groups is 1. The quantitative estimate of drug-likeness (QED) is 0.151. The van der Waals surface area contributed by atoms with Crippen LogP contribution in [0.1, 0.15) is 30.9 Å². The number of guanidine groups is 1. The van der Waals surface area contributed by atoms with Crippen LogP contribution in [0.5, 0.6) is 0 Å². The fraction of sp³-hybridized carbons (Fsp3) is 0.333. The van der Waals surface area contributed by atoms with Gasteiger partial charge in [-0.05, 0) is 62.9 Å². The van der Waals surface area contributed by atoms with Crippen molar-refractivity contribution in [3.8, 4) is 0 Å². The first-order valence-electron chi connectivity index (χ1n) is 11.1. The van der Waals surface area contributed by atoms with Gasteiger partial charge in [-0.1, -0.05) is 35.4 Å². The van der Waals surface area contributed by atoms with Crippen LogP contribution in [0.3, 0.4) is 0 Å². The van der Waals surface area contributed by atoms with Crippen LogP contribution in [0.4, 0.5) is 16.2 Å². The molecule has 0 fully saturated rings. The number of anilines is 1. The van der Waals surface area contributed by atoms with Crippen molar-refractivity contribution in [2.75, 3.05) is 11.4 Å². The third-order valence-electron chi connectivity index (χ3n) is 5.21. The van der Waals surface area contributed by atoms with Crippen molar-refractivity contribution in [1.29, 1.82) is 5.41 Å². The third-order valence-corrected chi connectivity index (χ3v) is 5.21. The number of amides is 3. The summed E-state index contributed by atoms with van der Waals surface area (Å²) in [5.41, 5.74) is 7.97. The van der Waals surface area contributed by atoms with Gasteiger partial charge in [0.1, 0.15) is 12.1 Å². The first kappa shape index (κ1) is 27.0. The van der Waals surface area contributed by atoms with E-state index in [1.54, 1.807) is 36.4 Å². The number of rotatable bonds is 10. The zero-order valence-electron chi connectivity index (χ0n) is 20.0. The van der Waals surface area contributed by atoms with Crippen molar-refractivity contribution >= 4 is 35.2 Å². The number of carboxylic acids is 1. The highest BCUT2D eigenvalue weighted by Gasteiger charge is 2.30. The number of carbonyl (C=O) groups is 3. The minimum Gasteiger partial charge on any atom is -0.480 e. The van der Waals surface area contributed by atoms with Crippen molar-refractivity contribution in [3.05, 3.63) is 59.7 Å². The molecule has 0 aliphatic heterocycles. The van der Waals surface area contributed by atoms with Gasteiger partial charge < -0.3 is 21.5 Å². The summed E-state index contributed by atoms with van der Waals surface area (Å²) >= 11 is 0. The predicted molar refractivity (Wildman–Crippen MR) is 133 cm³/mol. The van der Waals surface area contributed by atoms with Gasteiger partial charge in [0.05, 0.1) is 5.69 Å². The average molecular weight is 482 g/mol. The molecule has 0 saturated heterocycles. The molecule has 0 radical (unpaired) electrons. The first-order chi connectivity index (χ1) is 16.6. The fourth-order valence-electron chi connectivity index (χ4n) is 3.26. The normalized spacial score (nSPS) is 12.5. The Morgan fingerprint density at radius 3 is 2.46 bits per heavy atom.